The topological polar surface area (TPSA) is 104 Å². The summed E-state index contributed by atoms with van der Waals surface area (Å²) in [5.41, 5.74) is 0. The van der Waals surface area contributed by atoms with Gasteiger partial charge in [0.2, 0.25) is 11.9 Å². The molecule has 0 aromatic rings. The second kappa shape index (κ2) is 4.47. The number of nitrogens with one attached hydrogen (secondary N) is 1. The third-order valence-corrected chi connectivity index (χ3v) is 4.63. The minimum Gasteiger partial charge on any atom is -0.479 e. The molecular formula is C14H15NO5. The van der Waals surface area contributed by atoms with Gasteiger partial charge < -0.3 is 15.5 Å². The fourth-order valence-electron chi connectivity index (χ4n) is 3.56. The third-order valence-electron chi connectivity index (χ3n) is 4.63. The third kappa shape index (κ3) is 1.83. The maximum Gasteiger partial charge on any atom is 0.338 e. The first kappa shape index (κ1) is 12.9. The molecule has 4 aliphatic rings. The Hall–Kier alpha value is -2.11. The van der Waals surface area contributed by atoms with Gasteiger partial charge in [0.15, 0.2) is 0 Å². The monoisotopic (exact) mass is 277 g/mol. The van der Waals surface area contributed by atoms with Crippen LogP contribution in [-0.2, 0) is 14.4 Å². The van der Waals surface area contributed by atoms with Gasteiger partial charge in [0.05, 0.1) is 0 Å². The molecule has 1 amide bonds. The van der Waals surface area contributed by atoms with Crippen LogP contribution in [0.15, 0.2) is 24.3 Å². The zero-order valence-corrected chi connectivity index (χ0v) is 10.6. The lowest BCUT2D eigenvalue weighted by atomic mass is 9.53. The Bertz CT molecular complexity index is 524. The van der Waals surface area contributed by atoms with E-state index in [1.165, 1.54) is 0 Å². The molecule has 1 fully saturated rings. The van der Waals surface area contributed by atoms with Gasteiger partial charge >= 0.3 is 11.9 Å². The number of hydrogen-bond donors (Lipinski definition) is 3. The first-order valence-corrected chi connectivity index (χ1v) is 6.61. The normalized spacial score (nSPS) is 36.4. The molecule has 0 aliphatic heterocycles. The summed E-state index contributed by atoms with van der Waals surface area (Å²) in [5, 5.41) is 19.7. The van der Waals surface area contributed by atoms with Crippen molar-refractivity contribution in [2.75, 3.05) is 0 Å². The smallest absolute Gasteiger partial charge is 0.338 e. The summed E-state index contributed by atoms with van der Waals surface area (Å²) >= 11 is 0. The molecule has 106 valence electrons. The number of allylic oxidation sites excluding steroid dienone is 4. The zero-order valence-electron chi connectivity index (χ0n) is 10.6. The zero-order chi connectivity index (χ0) is 14.4. The molecule has 1 saturated carbocycles. The highest BCUT2D eigenvalue weighted by atomic mass is 16.4. The molecule has 0 aromatic carbocycles. The van der Waals surface area contributed by atoms with E-state index in [4.69, 9.17) is 10.2 Å². The summed E-state index contributed by atoms with van der Waals surface area (Å²) in [7, 11) is 0. The first-order valence-electron chi connectivity index (χ1n) is 6.61. The van der Waals surface area contributed by atoms with Crippen LogP contribution >= 0.6 is 0 Å². The highest BCUT2D eigenvalue weighted by Gasteiger charge is 2.49. The van der Waals surface area contributed by atoms with Crippen molar-refractivity contribution in [3.63, 3.8) is 0 Å². The molecule has 0 aromatic heterocycles. The Morgan fingerprint density at radius 3 is 2.05 bits per heavy atom. The molecule has 3 N–H and O–H groups in total. The molecule has 0 radical (unpaired) electrons. The first-order chi connectivity index (χ1) is 9.49. The summed E-state index contributed by atoms with van der Waals surface area (Å²) < 4.78 is 0. The van der Waals surface area contributed by atoms with Crippen LogP contribution < -0.4 is 5.32 Å². The van der Waals surface area contributed by atoms with Crippen molar-refractivity contribution >= 4 is 17.8 Å². The van der Waals surface area contributed by atoms with E-state index < -0.39 is 23.9 Å². The van der Waals surface area contributed by atoms with Crippen molar-refractivity contribution in [3.05, 3.63) is 24.3 Å². The van der Waals surface area contributed by atoms with Gasteiger partial charge in [-0.1, -0.05) is 24.3 Å². The van der Waals surface area contributed by atoms with Crippen molar-refractivity contribution in [1.82, 2.24) is 5.32 Å². The predicted octanol–water partition coefficient (Wildman–Crippen LogP) is 0.265. The Kier molecular flexibility index (Phi) is 2.88. The minimum absolute atomic E-state index is 0.0539. The van der Waals surface area contributed by atoms with Gasteiger partial charge in [-0.3, -0.25) is 4.79 Å². The Balaban J connectivity index is 1.73. The molecule has 5 unspecified atom stereocenters. The van der Waals surface area contributed by atoms with Gasteiger partial charge in [-0.25, -0.2) is 9.59 Å². The van der Waals surface area contributed by atoms with Gasteiger partial charge in [0, 0.05) is 5.92 Å². The lowest BCUT2D eigenvalue weighted by Crippen LogP contribution is -2.54. The van der Waals surface area contributed by atoms with E-state index in [-0.39, 0.29) is 11.8 Å². The number of aliphatic carboxylic acids is 2. The van der Waals surface area contributed by atoms with Crippen LogP contribution in [0, 0.1) is 29.6 Å². The van der Waals surface area contributed by atoms with Gasteiger partial charge in [-0.2, -0.15) is 0 Å². The fraction of sp³-hybridized carbons (Fsp3) is 0.500. The summed E-state index contributed by atoms with van der Waals surface area (Å²) in [5.74, 6) is -2.73. The van der Waals surface area contributed by atoms with Crippen molar-refractivity contribution in [2.45, 2.75) is 12.5 Å². The summed E-state index contributed by atoms with van der Waals surface area (Å²) in [6.45, 7) is 0. The van der Waals surface area contributed by atoms with E-state index in [2.05, 4.69) is 23.5 Å². The second-order valence-electron chi connectivity index (χ2n) is 5.63. The van der Waals surface area contributed by atoms with Gasteiger partial charge in [0.25, 0.3) is 0 Å². The fourth-order valence-corrected chi connectivity index (χ4v) is 3.56. The highest BCUT2D eigenvalue weighted by Crippen LogP contribution is 2.53. The number of carbonyl (C=O) groups excluding carboxylic acids is 1. The molecule has 20 heavy (non-hydrogen) atoms. The number of carbonyl (C=O) groups is 3. The van der Waals surface area contributed by atoms with E-state index in [0.29, 0.717) is 24.2 Å². The van der Waals surface area contributed by atoms with Crippen molar-refractivity contribution in [3.8, 4) is 0 Å². The van der Waals surface area contributed by atoms with Crippen molar-refractivity contribution < 1.29 is 24.6 Å². The quantitative estimate of drug-likeness (QED) is 0.505. The summed E-state index contributed by atoms with van der Waals surface area (Å²) in [4.78, 5) is 33.8. The second-order valence-corrected chi connectivity index (χ2v) is 5.63. The van der Waals surface area contributed by atoms with E-state index in [0.717, 1.165) is 0 Å². The molecule has 5 atom stereocenters. The summed E-state index contributed by atoms with van der Waals surface area (Å²) in [6.07, 6.45) is 9.02. The Morgan fingerprint density at radius 1 is 0.950 bits per heavy atom. The molecule has 4 aliphatic carbocycles. The largest absolute Gasteiger partial charge is 0.479 e. The molecule has 0 saturated heterocycles. The number of carboxylic acid groups (broad SMARTS) is 2. The van der Waals surface area contributed by atoms with Gasteiger partial charge in [0.1, 0.15) is 0 Å². The van der Waals surface area contributed by atoms with Gasteiger partial charge in [-0.15, -0.1) is 0 Å². The van der Waals surface area contributed by atoms with E-state index in [1.54, 1.807) is 0 Å². The Labute approximate surface area is 115 Å². The molecule has 6 nitrogen and oxygen atoms in total. The van der Waals surface area contributed by atoms with Gasteiger partial charge in [-0.05, 0) is 30.1 Å². The molecule has 2 bridgehead atoms. The number of fused-ring (bicyclic) bond motifs is 1. The molecular weight excluding hydrogens is 262 g/mol. The molecule has 0 spiro atoms. The van der Waals surface area contributed by atoms with Crippen LogP contribution in [0.3, 0.4) is 0 Å². The number of hydrogen-bond acceptors (Lipinski definition) is 3. The molecule has 4 rings (SSSR count). The average molecular weight is 277 g/mol. The van der Waals surface area contributed by atoms with Crippen LogP contribution in [0.1, 0.15) is 6.42 Å². The van der Waals surface area contributed by atoms with E-state index in [9.17, 15) is 14.4 Å². The highest BCUT2D eigenvalue weighted by molar-refractivity contribution is 6.01. The van der Waals surface area contributed by atoms with Crippen LogP contribution in [0.4, 0.5) is 0 Å². The molecule has 0 heterocycles. The average Bonchev–Trinajstić information content (AvgIpc) is 2.34. The van der Waals surface area contributed by atoms with Crippen molar-refractivity contribution in [2.24, 2.45) is 29.6 Å². The van der Waals surface area contributed by atoms with Crippen molar-refractivity contribution in [1.29, 1.82) is 0 Å². The predicted molar refractivity (Wildman–Crippen MR) is 67.5 cm³/mol. The number of rotatable bonds is 4. The maximum absolute atomic E-state index is 12.2. The standard InChI is InChI=1S/C14H15NO5/c16-12(15-11(13(17)18)14(19)20)10-5-6-1-2-9(10)8-4-3-7(6)8/h1-4,6-11H,5H2,(H,15,16)(H,17,18)(H,19,20). The number of carboxylic acids is 2. The minimum atomic E-state index is -1.88. The lowest BCUT2D eigenvalue weighted by molar-refractivity contribution is -0.154. The summed E-state index contributed by atoms with van der Waals surface area (Å²) in [6, 6.07) is -1.88. The van der Waals surface area contributed by atoms with E-state index >= 15 is 0 Å². The lowest BCUT2D eigenvalue weighted by Gasteiger charge is -2.50. The SMILES string of the molecule is O=C(O)C(NC(=O)C1CC2C=CC1C1C=CC21)C(=O)O. The maximum atomic E-state index is 12.2. The van der Waals surface area contributed by atoms with Crippen LogP contribution in [0.25, 0.3) is 0 Å². The van der Waals surface area contributed by atoms with Crippen LogP contribution in [0.5, 0.6) is 0 Å². The van der Waals surface area contributed by atoms with E-state index in [1.807, 2.05) is 6.08 Å². The Morgan fingerprint density at radius 2 is 1.55 bits per heavy atom. The van der Waals surface area contributed by atoms with Crippen LogP contribution in [-0.4, -0.2) is 34.1 Å². The number of amides is 1. The van der Waals surface area contributed by atoms with Crippen LogP contribution in [0.2, 0.25) is 0 Å². The molecule has 6 heteroatoms.